The highest BCUT2D eigenvalue weighted by Crippen LogP contribution is 2.27. The first kappa shape index (κ1) is 17.8. The standard InChI is InChI=1S/C18H27N5O2S/c1-21-10-16(9-19-21)12-22-11-15(13-23-8-2-3-17(23)14-22)6-7-20-26(24,25)18-4-5-18/h2-3,8-10,15,18,20H,4-7,11-14H2,1H3/t15-/m0/s1. The fourth-order valence-corrected chi connectivity index (χ4v) is 5.18. The van der Waals surface area contributed by atoms with Gasteiger partial charge < -0.3 is 4.57 Å². The first-order valence-corrected chi connectivity index (χ1v) is 10.9. The second-order valence-electron chi connectivity index (χ2n) is 7.64. The molecule has 0 spiro atoms. The monoisotopic (exact) mass is 377 g/mol. The normalized spacial score (nSPS) is 21.5. The van der Waals surface area contributed by atoms with E-state index >= 15 is 0 Å². The molecule has 0 aromatic carbocycles. The maximum atomic E-state index is 12.0. The molecule has 142 valence electrons. The van der Waals surface area contributed by atoms with Crippen LogP contribution in [0.25, 0.3) is 0 Å². The summed E-state index contributed by atoms with van der Waals surface area (Å²) in [5.74, 6) is 0.419. The van der Waals surface area contributed by atoms with Crippen LogP contribution < -0.4 is 4.72 Å². The van der Waals surface area contributed by atoms with Gasteiger partial charge in [-0.15, -0.1) is 0 Å². The molecule has 8 heteroatoms. The van der Waals surface area contributed by atoms with Crippen LogP contribution >= 0.6 is 0 Å². The van der Waals surface area contributed by atoms with Gasteiger partial charge in [-0.3, -0.25) is 9.58 Å². The van der Waals surface area contributed by atoms with E-state index in [0.717, 1.165) is 45.4 Å². The van der Waals surface area contributed by atoms with Crippen LogP contribution in [0.4, 0.5) is 0 Å². The summed E-state index contributed by atoms with van der Waals surface area (Å²) in [6.45, 7) is 4.20. The van der Waals surface area contributed by atoms with Gasteiger partial charge in [-0.1, -0.05) is 0 Å². The van der Waals surface area contributed by atoms with E-state index in [-0.39, 0.29) is 5.25 Å². The molecule has 0 saturated heterocycles. The summed E-state index contributed by atoms with van der Waals surface area (Å²) in [7, 11) is -1.15. The molecular weight excluding hydrogens is 350 g/mol. The molecular formula is C18H27N5O2S. The van der Waals surface area contributed by atoms with Crippen molar-refractivity contribution < 1.29 is 8.42 Å². The Kier molecular flexibility index (Phi) is 4.90. The maximum absolute atomic E-state index is 12.0. The van der Waals surface area contributed by atoms with Gasteiger partial charge in [0.25, 0.3) is 0 Å². The lowest BCUT2D eigenvalue weighted by molar-refractivity contribution is 0.216. The zero-order chi connectivity index (χ0) is 18.1. The van der Waals surface area contributed by atoms with Gasteiger partial charge in [0.05, 0.1) is 11.4 Å². The third-order valence-corrected chi connectivity index (χ3v) is 7.22. The molecule has 1 aliphatic carbocycles. The minimum absolute atomic E-state index is 0.144. The van der Waals surface area contributed by atoms with Crippen molar-refractivity contribution in [3.8, 4) is 0 Å². The number of rotatable bonds is 7. The van der Waals surface area contributed by atoms with Gasteiger partial charge in [-0.25, -0.2) is 13.1 Å². The molecule has 1 atom stereocenters. The van der Waals surface area contributed by atoms with Crippen LogP contribution in [0.5, 0.6) is 0 Å². The van der Waals surface area contributed by atoms with E-state index in [1.165, 1.54) is 11.3 Å². The Morgan fingerprint density at radius 3 is 2.88 bits per heavy atom. The van der Waals surface area contributed by atoms with Gasteiger partial charge in [0.2, 0.25) is 10.0 Å². The van der Waals surface area contributed by atoms with Gasteiger partial charge in [0.15, 0.2) is 0 Å². The summed E-state index contributed by atoms with van der Waals surface area (Å²) < 4.78 is 31.0. The van der Waals surface area contributed by atoms with Crippen LogP contribution in [0.3, 0.4) is 0 Å². The zero-order valence-electron chi connectivity index (χ0n) is 15.2. The number of aromatic nitrogens is 3. The third kappa shape index (κ3) is 4.19. The summed E-state index contributed by atoms with van der Waals surface area (Å²) >= 11 is 0. The Morgan fingerprint density at radius 2 is 2.15 bits per heavy atom. The van der Waals surface area contributed by atoms with E-state index in [9.17, 15) is 8.42 Å². The molecule has 0 unspecified atom stereocenters. The Bertz CT molecular complexity index is 853. The molecule has 26 heavy (non-hydrogen) atoms. The molecule has 1 N–H and O–H groups in total. The van der Waals surface area contributed by atoms with Crippen molar-refractivity contribution >= 4 is 10.0 Å². The van der Waals surface area contributed by atoms with E-state index in [2.05, 4.69) is 43.8 Å². The van der Waals surface area contributed by atoms with E-state index in [1.807, 2.05) is 17.9 Å². The Balaban J connectivity index is 1.40. The van der Waals surface area contributed by atoms with Crippen LogP contribution in [0, 0.1) is 5.92 Å². The van der Waals surface area contributed by atoms with Crippen molar-refractivity contribution in [2.45, 2.75) is 44.1 Å². The number of hydrogen-bond acceptors (Lipinski definition) is 4. The highest BCUT2D eigenvalue weighted by Gasteiger charge is 2.35. The lowest BCUT2D eigenvalue weighted by Gasteiger charge is -2.23. The maximum Gasteiger partial charge on any atom is 0.214 e. The summed E-state index contributed by atoms with van der Waals surface area (Å²) in [6.07, 6.45) is 8.58. The number of aryl methyl sites for hydroxylation is 1. The van der Waals surface area contributed by atoms with Gasteiger partial charge in [0.1, 0.15) is 0 Å². The van der Waals surface area contributed by atoms with Crippen molar-refractivity contribution in [3.05, 3.63) is 42.0 Å². The predicted octanol–water partition coefficient (Wildman–Crippen LogP) is 1.33. The number of fused-ring (bicyclic) bond motifs is 1. The fraction of sp³-hybridized carbons (Fsp3) is 0.611. The second kappa shape index (κ2) is 7.17. The van der Waals surface area contributed by atoms with Crippen molar-refractivity contribution in [2.75, 3.05) is 13.1 Å². The average Bonchev–Trinajstić information content (AvgIpc) is 3.29. The summed E-state index contributed by atoms with van der Waals surface area (Å²) in [6, 6.07) is 4.27. The fourth-order valence-electron chi connectivity index (χ4n) is 3.78. The molecule has 2 aromatic heterocycles. The van der Waals surface area contributed by atoms with Crippen LogP contribution in [0.15, 0.2) is 30.7 Å². The number of nitrogens with one attached hydrogen (secondary N) is 1. The highest BCUT2D eigenvalue weighted by molar-refractivity contribution is 7.90. The number of nitrogens with zero attached hydrogens (tertiary/aromatic N) is 4. The third-order valence-electron chi connectivity index (χ3n) is 5.26. The predicted molar refractivity (Wildman–Crippen MR) is 99.8 cm³/mol. The number of sulfonamides is 1. The van der Waals surface area contributed by atoms with Crippen molar-refractivity contribution in [1.82, 2.24) is 24.0 Å². The van der Waals surface area contributed by atoms with Crippen LogP contribution in [-0.4, -0.2) is 46.0 Å². The smallest absolute Gasteiger partial charge is 0.214 e. The lowest BCUT2D eigenvalue weighted by atomic mass is 10.1. The molecule has 7 nitrogen and oxygen atoms in total. The van der Waals surface area contributed by atoms with E-state index in [1.54, 1.807) is 0 Å². The Hall–Kier alpha value is -1.64. The van der Waals surface area contributed by atoms with Gasteiger partial charge >= 0.3 is 0 Å². The van der Waals surface area contributed by atoms with Crippen molar-refractivity contribution in [2.24, 2.45) is 13.0 Å². The molecule has 2 aromatic rings. The largest absolute Gasteiger partial charge is 0.350 e. The topological polar surface area (TPSA) is 72.2 Å². The molecule has 0 radical (unpaired) electrons. The summed E-state index contributed by atoms with van der Waals surface area (Å²) in [5, 5.41) is 4.12. The lowest BCUT2D eigenvalue weighted by Crippen LogP contribution is -2.32. The Morgan fingerprint density at radius 1 is 1.31 bits per heavy atom. The van der Waals surface area contributed by atoms with E-state index in [0.29, 0.717) is 12.5 Å². The summed E-state index contributed by atoms with van der Waals surface area (Å²) in [4.78, 5) is 2.44. The van der Waals surface area contributed by atoms with E-state index < -0.39 is 10.0 Å². The summed E-state index contributed by atoms with van der Waals surface area (Å²) in [5.41, 5.74) is 2.52. The highest BCUT2D eigenvalue weighted by atomic mass is 32.2. The molecule has 0 bridgehead atoms. The van der Waals surface area contributed by atoms with E-state index in [4.69, 9.17) is 0 Å². The Labute approximate surface area is 155 Å². The zero-order valence-corrected chi connectivity index (χ0v) is 16.0. The minimum Gasteiger partial charge on any atom is -0.350 e. The number of hydrogen-bond donors (Lipinski definition) is 1. The van der Waals surface area contributed by atoms with Crippen LogP contribution in [0.1, 0.15) is 30.5 Å². The minimum atomic E-state index is -3.09. The van der Waals surface area contributed by atoms with Crippen molar-refractivity contribution in [1.29, 1.82) is 0 Å². The van der Waals surface area contributed by atoms with Gasteiger partial charge in [-0.2, -0.15) is 5.10 Å². The molecule has 1 fully saturated rings. The second-order valence-corrected chi connectivity index (χ2v) is 9.68. The van der Waals surface area contributed by atoms with Gasteiger partial charge in [0, 0.05) is 63.4 Å². The first-order chi connectivity index (χ1) is 12.5. The SMILES string of the molecule is Cn1cc(CN2Cc3cccn3C[C@@H](CCNS(=O)(=O)C3CC3)C2)cn1. The first-order valence-electron chi connectivity index (χ1n) is 9.32. The van der Waals surface area contributed by atoms with Crippen LogP contribution in [-0.2, 0) is 36.7 Å². The molecule has 1 aliphatic heterocycles. The quantitative estimate of drug-likeness (QED) is 0.790. The van der Waals surface area contributed by atoms with Crippen LogP contribution in [0.2, 0.25) is 0 Å². The van der Waals surface area contributed by atoms with Gasteiger partial charge in [-0.05, 0) is 37.3 Å². The molecule has 1 saturated carbocycles. The molecule has 0 amide bonds. The molecule has 3 heterocycles. The molecule has 2 aliphatic rings. The van der Waals surface area contributed by atoms with Crippen molar-refractivity contribution in [3.63, 3.8) is 0 Å². The average molecular weight is 378 g/mol. The molecule has 4 rings (SSSR count).